The second-order valence-electron chi connectivity index (χ2n) is 4.81. The first-order valence-electron chi connectivity index (χ1n) is 6.62. The van der Waals surface area contributed by atoms with Gasteiger partial charge < -0.3 is 16.2 Å². The number of benzene rings is 2. The molecule has 3 nitrogen and oxygen atoms in total. The van der Waals surface area contributed by atoms with Gasteiger partial charge in [-0.2, -0.15) is 0 Å². The lowest BCUT2D eigenvalue weighted by atomic mass is 10.0. The summed E-state index contributed by atoms with van der Waals surface area (Å²) in [7, 11) is 0. The van der Waals surface area contributed by atoms with E-state index in [1.54, 1.807) is 12.1 Å². The molecule has 0 amide bonds. The maximum atomic E-state index is 10.1. The Balaban J connectivity index is 1.82. The van der Waals surface area contributed by atoms with Crippen LogP contribution in [0, 0.1) is 0 Å². The van der Waals surface area contributed by atoms with Crippen molar-refractivity contribution in [1.82, 2.24) is 0 Å². The molecule has 2 aromatic rings. The van der Waals surface area contributed by atoms with Crippen molar-refractivity contribution < 1.29 is 5.11 Å². The van der Waals surface area contributed by atoms with Gasteiger partial charge in [0.1, 0.15) is 0 Å². The third-order valence-electron chi connectivity index (χ3n) is 3.17. The zero-order valence-corrected chi connectivity index (χ0v) is 11.9. The van der Waals surface area contributed by atoms with Crippen LogP contribution in [0.5, 0.6) is 0 Å². The predicted octanol–water partition coefficient (Wildman–Crippen LogP) is 2.68. The summed E-state index contributed by atoms with van der Waals surface area (Å²) in [5.41, 5.74) is 8.07. The van der Waals surface area contributed by atoms with E-state index in [4.69, 9.17) is 17.3 Å². The number of hydrogen-bond donors (Lipinski definition) is 3. The minimum Gasteiger partial charge on any atom is -0.390 e. The molecule has 0 unspecified atom stereocenters. The fourth-order valence-electron chi connectivity index (χ4n) is 1.96. The molecule has 0 saturated heterocycles. The van der Waals surface area contributed by atoms with E-state index in [0.29, 0.717) is 18.0 Å². The molecule has 2 aromatic carbocycles. The van der Waals surface area contributed by atoms with Crippen LogP contribution in [0.25, 0.3) is 0 Å². The van der Waals surface area contributed by atoms with Gasteiger partial charge in [-0.1, -0.05) is 41.9 Å². The summed E-state index contributed by atoms with van der Waals surface area (Å²) in [4.78, 5) is 0. The highest BCUT2D eigenvalue weighted by Gasteiger charge is 2.14. The van der Waals surface area contributed by atoms with Crippen LogP contribution in [0.15, 0.2) is 54.6 Å². The molecule has 4 N–H and O–H groups in total. The molecule has 0 aliphatic rings. The predicted molar refractivity (Wildman–Crippen MR) is 84.1 cm³/mol. The van der Waals surface area contributed by atoms with Crippen molar-refractivity contribution in [3.05, 3.63) is 65.2 Å². The SMILES string of the molecule is N[C@@H](Cc1ccccc1)[C@H](O)CNc1ccc(Cl)cc1. The Morgan fingerprint density at radius 3 is 2.35 bits per heavy atom. The first-order chi connectivity index (χ1) is 9.65. The molecular formula is C16H19ClN2O. The molecule has 0 spiro atoms. The van der Waals surface area contributed by atoms with Crippen molar-refractivity contribution in [2.45, 2.75) is 18.6 Å². The van der Waals surface area contributed by atoms with Gasteiger partial charge in [-0.25, -0.2) is 0 Å². The van der Waals surface area contributed by atoms with E-state index in [9.17, 15) is 5.11 Å². The summed E-state index contributed by atoms with van der Waals surface area (Å²) in [5.74, 6) is 0. The van der Waals surface area contributed by atoms with Gasteiger partial charge in [0.05, 0.1) is 6.10 Å². The van der Waals surface area contributed by atoms with E-state index in [1.807, 2.05) is 42.5 Å². The first kappa shape index (κ1) is 14.9. The molecule has 2 rings (SSSR count). The highest BCUT2D eigenvalue weighted by Crippen LogP contribution is 2.13. The Morgan fingerprint density at radius 1 is 1.05 bits per heavy atom. The van der Waals surface area contributed by atoms with Gasteiger partial charge in [0.15, 0.2) is 0 Å². The normalized spacial score (nSPS) is 13.8. The van der Waals surface area contributed by atoms with Gasteiger partial charge in [0.25, 0.3) is 0 Å². The summed E-state index contributed by atoms with van der Waals surface area (Å²) in [6.45, 7) is 0.412. The highest BCUT2D eigenvalue weighted by molar-refractivity contribution is 6.30. The molecule has 0 saturated carbocycles. The molecule has 0 aromatic heterocycles. The van der Waals surface area contributed by atoms with Gasteiger partial charge in [-0.3, -0.25) is 0 Å². The molecule has 4 heteroatoms. The Bertz CT molecular complexity index is 516. The van der Waals surface area contributed by atoms with Crippen LogP contribution in [0.4, 0.5) is 5.69 Å². The zero-order chi connectivity index (χ0) is 14.4. The van der Waals surface area contributed by atoms with Crippen LogP contribution in [-0.2, 0) is 6.42 Å². The first-order valence-corrected chi connectivity index (χ1v) is 7.00. The largest absolute Gasteiger partial charge is 0.390 e. The smallest absolute Gasteiger partial charge is 0.0866 e. The summed E-state index contributed by atoms with van der Waals surface area (Å²) >= 11 is 5.82. The Labute approximate surface area is 124 Å². The number of nitrogens with one attached hydrogen (secondary N) is 1. The number of aliphatic hydroxyl groups excluding tert-OH is 1. The molecule has 0 radical (unpaired) electrons. The number of aliphatic hydroxyl groups is 1. The third kappa shape index (κ3) is 4.53. The van der Waals surface area contributed by atoms with Crippen LogP contribution < -0.4 is 11.1 Å². The summed E-state index contributed by atoms with van der Waals surface area (Å²) in [5, 5.41) is 13.9. The van der Waals surface area contributed by atoms with Crippen molar-refractivity contribution in [2.24, 2.45) is 5.73 Å². The fraction of sp³-hybridized carbons (Fsp3) is 0.250. The van der Waals surface area contributed by atoms with Gasteiger partial charge in [-0.15, -0.1) is 0 Å². The lowest BCUT2D eigenvalue weighted by Crippen LogP contribution is -2.41. The van der Waals surface area contributed by atoms with E-state index in [0.717, 1.165) is 11.3 Å². The number of nitrogens with two attached hydrogens (primary N) is 1. The molecule has 0 heterocycles. The van der Waals surface area contributed by atoms with Crippen LogP contribution in [0.3, 0.4) is 0 Å². The highest BCUT2D eigenvalue weighted by atomic mass is 35.5. The summed E-state index contributed by atoms with van der Waals surface area (Å²) < 4.78 is 0. The van der Waals surface area contributed by atoms with E-state index >= 15 is 0 Å². The minimum absolute atomic E-state index is 0.294. The molecule has 0 fully saturated rings. The van der Waals surface area contributed by atoms with Gasteiger partial charge >= 0.3 is 0 Å². The lowest BCUT2D eigenvalue weighted by Gasteiger charge is -2.20. The Morgan fingerprint density at radius 2 is 1.70 bits per heavy atom. The third-order valence-corrected chi connectivity index (χ3v) is 3.42. The van der Waals surface area contributed by atoms with E-state index < -0.39 is 6.10 Å². The monoisotopic (exact) mass is 290 g/mol. The van der Waals surface area contributed by atoms with Gasteiger partial charge in [0.2, 0.25) is 0 Å². The molecule has 2 atom stereocenters. The van der Waals surface area contributed by atoms with E-state index in [-0.39, 0.29) is 6.04 Å². The van der Waals surface area contributed by atoms with Crippen LogP contribution in [0.1, 0.15) is 5.56 Å². The Kier molecular flexibility index (Phi) is 5.41. The minimum atomic E-state index is -0.606. The second-order valence-corrected chi connectivity index (χ2v) is 5.25. The summed E-state index contributed by atoms with van der Waals surface area (Å²) in [6, 6.07) is 17.0. The molecule has 0 bridgehead atoms. The topological polar surface area (TPSA) is 58.3 Å². The lowest BCUT2D eigenvalue weighted by molar-refractivity contribution is 0.156. The maximum absolute atomic E-state index is 10.1. The van der Waals surface area contributed by atoms with E-state index in [2.05, 4.69) is 5.32 Å². The standard InChI is InChI=1S/C16H19ClN2O/c17-13-6-8-14(9-7-13)19-11-16(20)15(18)10-12-4-2-1-3-5-12/h1-9,15-16,19-20H,10-11,18H2/t15-,16+/m0/s1. The number of halogens is 1. The van der Waals surface area contributed by atoms with Crippen molar-refractivity contribution in [2.75, 3.05) is 11.9 Å². The van der Waals surface area contributed by atoms with Crippen molar-refractivity contribution in [3.8, 4) is 0 Å². The average molecular weight is 291 g/mol. The molecule has 0 aliphatic carbocycles. The van der Waals surface area contributed by atoms with Crippen LogP contribution >= 0.6 is 11.6 Å². The molecule has 106 valence electrons. The maximum Gasteiger partial charge on any atom is 0.0866 e. The van der Waals surface area contributed by atoms with Crippen LogP contribution in [-0.4, -0.2) is 23.8 Å². The molecule has 0 aliphatic heterocycles. The van der Waals surface area contributed by atoms with Gasteiger partial charge in [-0.05, 0) is 36.2 Å². The Hall–Kier alpha value is -1.55. The number of anilines is 1. The quantitative estimate of drug-likeness (QED) is 0.767. The summed E-state index contributed by atoms with van der Waals surface area (Å²) in [6.07, 6.45) is 0.0514. The fourth-order valence-corrected chi connectivity index (χ4v) is 2.09. The average Bonchev–Trinajstić information content (AvgIpc) is 2.47. The van der Waals surface area contributed by atoms with Crippen molar-refractivity contribution in [1.29, 1.82) is 0 Å². The number of rotatable bonds is 6. The van der Waals surface area contributed by atoms with Crippen LogP contribution in [0.2, 0.25) is 5.02 Å². The molecular weight excluding hydrogens is 272 g/mol. The molecule has 20 heavy (non-hydrogen) atoms. The number of hydrogen-bond acceptors (Lipinski definition) is 3. The van der Waals surface area contributed by atoms with Crippen molar-refractivity contribution in [3.63, 3.8) is 0 Å². The zero-order valence-electron chi connectivity index (χ0n) is 11.2. The van der Waals surface area contributed by atoms with Gasteiger partial charge in [0, 0.05) is 23.3 Å². The van der Waals surface area contributed by atoms with E-state index in [1.165, 1.54) is 0 Å². The van der Waals surface area contributed by atoms with Crippen molar-refractivity contribution >= 4 is 17.3 Å². The second kappa shape index (κ2) is 7.29.